The zero-order valence-corrected chi connectivity index (χ0v) is 17.9. The lowest BCUT2D eigenvalue weighted by Crippen LogP contribution is -2.44. The summed E-state index contributed by atoms with van der Waals surface area (Å²) >= 11 is 0. The van der Waals surface area contributed by atoms with E-state index in [9.17, 15) is 13.2 Å². The molecule has 1 amide bonds. The van der Waals surface area contributed by atoms with Gasteiger partial charge in [0.15, 0.2) is 0 Å². The van der Waals surface area contributed by atoms with E-state index in [1.807, 2.05) is 24.3 Å². The first kappa shape index (κ1) is 21.3. The van der Waals surface area contributed by atoms with Crippen LogP contribution >= 0.6 is 0 Å². The summed E-state index contributed by atoms with van der Waals surface area (Å²) in [5.41, 5.74) is 2.76. The maximum atomic E-state index is 13.0. The molecular formula is C21H28N4O3S. The van der Waals surface area contributed by atoms with Gasteiger partial charge >= 0.3 is 0 Å². The highest BCUT2D eigenvalue weighted by molar-refractivity contribution is 7.89. The first-order valence-electron chi connectivity index (χ1n) is 9.76. The molecule has 156 valence electrons. The molecule has 0 bridgehead atoms. The molecule has 1 aliphatic heterocycles. The van der Waals surface area contributed by atoms with Gasteiger partial charge in [-0.05, 0) is 43.8 Å². The fraction of sp³-hybridized carbons (Fsp3) is 0.381. The number of nitrogens with zero attached hydrogens (tertiary/aromatic N) is 2. The highest BCUT2D eigenvalue weighted by Gasteiger charge is 2.20. The monoisotopic (exact) mass is 416 g/mol. The Hall–Kier alpha value is -2.42. The molecule has 0 aromatic heterocycles. The van der Waals surface area contributed by atoms with Gasteiger partial charge in [0.2, 0.25) is 10.0 Å². The van der Waals surface area contributed by atoms with E-state index in [4.69, 9.17) is 0 Å². The quantitative estimate of drug-likeness (QED) is 0.755. The lowest BCUT2D eigenvalue weighted by atomic mass is 10.1. The number of amides is 1. The minimum absolute atomic E-state index is 0.0856. The van der Waals surface area contributed by atoms with Crippen molar-refractivity contribution in [2.45, 2.75) is 18.7 Å². The normalized spacial score (nSPS) is 15.3. The molecule has 0 aliphatic carbocycles. The zero-order valence-electron chi connectivity index (χ0n) is 17.1. The summed E-state index contributed by atoms with van der Waals surface area (Å²) in [5, 5.41) is 2.98. The first-order valence-corrected chi connectivity index (χ1v) is 11.2. The third-order valence-electron chi connectivity index (χ3n) is 5.09. The second-order valence-electron chi connectivity index (χ2n) is 7.24. The number of nitrogens with one attached hydrogen (secondary N) is 2. The van der Waals surface area contributed by atoms with Gasteiger partial charge < -0.3 is 15.1 Å². The van der Waals surface area contributed by atoms with Crippen LogP contribution in [0.2, 0.25) is 0 Å². The molecule has 1 aliphatic rings. The molecule has 2 aromatic carbocycles. The molecule has 0 spiro atoms. The number of piperazine rings is 1. The van der Waals surface area contributed by atoms with Gasteiger partial charge in [0.05, 0.1) is 16.3 Å². The van der Waals surface area contributed by atoms with Crippen molar-refractivity contribution in [3.63, 3.8) is 0 Å². The molecule has 1 fully saturated rings. The molecule has 2 N–H and O–H groups in total. The maximum Gasteiger partial charge on any atom is 0.256 e. The fourth-order valence-corrected chi connectivity index (χ4v) is 4.45. The van der Waals surface area contributed by atoms with Crippen molar-refractivity contribution in [3.05, 3.63) is 53.6 Å². The molecule has 0 unspecified atom stereocenters. The second kappa shape index (κ2) is 8.94. The molecule has 8 heteroatoms. The van der Waals surface area contributed by atoms with Crippen LogP contribution in [0.15, 0.2) is 47.4 Å². The van der Waals surface area contributed by atoms with Gasteiger partial charge in [0, 0.05) is 38.3 Å². The van der Waals surface area contributed by atoms with Gasteiger partial charge in [-0.15, -0.1) is 0 Å². The van der Waals surface area contributed by atoms with E-state index in [1.165, 1.54) is 12.1 Å². The van der Waals surface area contributed by atoms with Crippen molar-refractivity contribution < 1.29 is 13.2 Å². The predicted octanol–water partition coefficient (Wildman–Crippen LogP) is 2.30. The van der Waals surface area contributed by atoms with Gasteiger partial charge in [0.25, 0.3) is 5.91 Å². The average Bonchev–Trinajstić information content (AvgIpc) is 2.69. The number of carbonyl (C=O) groups excluding carboxylic acids is 1. The Kier molecular flexibility index (Phi) is 6.56. The van der Waals surface area contributed by atoms with E-state index >= 15 is 0 Å². The van der Waals surface area contributed by atoms with E-state index in [-0.39, 0.29) is 17.3 Å². The molecule has 2 aromatic rings. The molecular weight excluding hydrogens is 388 g/mol. The standard InChI is InChI=1S/C21H28N4O3S/c1-4-22-29(27,28)17-10-9-16(2)18(15-17)21(26)23-19-7-5-6-8-20(19)25-13-11-24(3)12-14-25/h5-10,15,22H,4,11-14H2,1-3H3,(H,23,26). The van der Waals surface area contributed by atoms with Crippen molar-refractivity contribution in [2.75, 3.05) is 50.0 Å². The number of carbonyl (C=O) groups is 1. The van der Waals surface area contributed by atoms with E-state index in [2.05, 4.69) is 26.9 Å². The maximum absolute atomic E-state index is 13.0. The Morgan fingerprint density at radius 3 is 2.45 bits per heavy atom. The van der Waals surface area contributed by atoms with Crippen LogP contribution in [0.25, 0.3) is 0 Å². The fourth-order valence-electron chi connectivity index (χ4n) is 3.38. The SMILES string of the molecule is CCNS(=O)(=O)c1ccc(C)c(C(=O)Nc2ccccc2N2CCN(C)CC2)c1. The Balaban J connectivity index is 1.86. The Morgan fingerprint density at radius 1 is 1.07 bits per heavy atom. The number of anilines is 2. The number of rotatable bonds is 6. The molecule has 29 heavy (non-hydrogen) atoms. The first-order chi connectivity index (χ1) is 13.8. The molecule has 0 atom stereocenters. The van der Waals surface area contributed by atoms with E-state index in [0.717, 1.165) is 43.1 Å². The Labute approximate surface area is 172 Å². The van der Waals surface area contributed by atoms with Crippen LogP contribution in [0.4, 0.5) is 11.4 Å². The van der Waals surface area contributed by atoms with Crippen LogP contribution in [-0.2, 0) is 10.0 Å². The molecule has 1 heterocycles. The topological polar surface area (TPSA) is 81.7 Å². The molecule has 7 nitrogen and oxygen atoms in total. The summed E-state index contributed by atoms with van der Waals surface area (Å²) in [5.74, 6) is -0.322. The number of aryl methyl sites for hydroxylation is 1. The van der Waals surface area contributed by atoms with E-state index < -0.39 is 10.0 Å². The Bertz CT molecular complexity index is 983. The van der Waals surface area contributed by atoms with Gasteiger partial charge in [-0.2, -0.15) is 0 Å². The van der Waals surface area contributed by atoms with E-state index in [0.29, 0.717) is 5.56 Å². The Morgan fingerprint density at radius 2 is 1.76 bits per heavy atom. The van der Waals surface area contributed by atoms with Crippen molar-refractivity contribution in [2.24, 2.45) is 0 Å². The zero-order chi connectivity index (χ0) is 21.0. The summed E-state index contributed by atoms with van der Waals surface area (Å²) in [6.45, 7) is 7.50. The molecule has 1 saturated heterocycles. The lowest BCUT2D eigenvalue weighted by Gasteiger charge is -2.35. The van der Waals surface area contributed by atoms with Crippen molar-refractivity contribution in [1.29, 1.82) is 0 Å². The van der Waals surface area contributed by atoms with Crippen LogP contribution in [0.1, 0.15) is 22.8 Å². The van der Waals surface area contributed by atoms with Crippen molar-refractivity contribution >= 4 is 27.3 Å². The van der Waals surface area contributed by atoms with Gasteiger partial charge in [0.1, 0.15) is 0 Å². The number of para-hydroxylation sites is 2. The highest BCUT2D eigenvalue weighted by atomic mass is 32.2. The van der Waals surface area contributed by atoms with Gasteiger partial charge in [-0.25, -0.2) is 13.1 Å². The third kappa shape index (κ3) is 4.95. The molecule has 0 radical (unpaired) electrons. The van der Waals surface area contributed by atoms with Gasteiger partial charge in [-0.1, -0.05) is 25.1 Å². The van der Waals surface area contributed by atoms with Gasteiger partial charge in [-0.3, -0.25) is 4.79 Å². The number of benzene rings is 2. The van der Waals surface area contributed by atoms with Crippen LogP contribution in [0, 0.1) is 6.92 Å². The van der Waals surface area contributed by atoms with Crippen LogP contribution in [-0.4, -0.2) is 59.0 Å². The number of hydrogen-bond donors (Lipinski definition) is 2. The van der Waals surface area contributed by atoms with E-state index in [1.54, 1.807) is 19.9 Å². The number of likely N-dealkylation sites (N-methyl/N-ethyl adjacent to an activating group) is 1. The third-order valence-corrected chi connectivity index (χ3v) is 6.64. The molecule has 3 rings (SSSR count). The van der Waals surface area contributed by atoms with Crippen LogP contribution in [0.3, 0.4) is 0 Å². The second-order valence-corrected chi connectivity index (χ2v) is 9.01. The van der Waals surface area contributed by atoms with Crippen molar-refractivity contribution in [1.82, 2.24) is 9.62 Å². The highest BCUT2D eigenvalue weighted by Crippen LogP contribution is 2.27. The summed E-state index contributed by atoms with van der Waals surface area (Å²) < 4.78 is 27.1. The van der Waals surface area contributed by atoms with Crippen LogP contribution < -0.4 is 14.9 Å². The lowest BCUT2D eigenvalue weighted by molar-refractivity contribution is 0.102. The minimum Gasteiger partial charge on any atom is -0.367 e. The largest absolute Gasteiger partial charge is 0.367 e. The summed E-state index contributed by atoms with van der Waals surface area (Å²) in [7, 11) is -1.53. The predicted molar refractivity (Wildman–Crippen MR) is 116 cm³/mol. The summed E-state index contributed by atoms with van der Waals surface area (Å²) in [4.78, 5) is 17.6. The summed E-state index contributed by atoms with van der Waals surface area (Å²) in [6, 6.07) is 12.3. The number of sulfonamides is 1. The summed E-state index contributed by atoms with van der Waals surface area (Å²) in [6.07, 6.45) is 0. The smallest absolute Gasteiger partial charge is 0.256 e. The van der Waals surface area contributed by atoms with Crippen LogP contribution in [0.5, 0.6) is 0 Å². The average molecular weight is 417 g/mol. The molecule has 0 saturated carbocycles. The minimum atomic E-state index is -3.63. The number of hydrogen-bond acceptors (Lipinski definition) is 5. The van der Waals surface area contributed by atoms with Crippen molar-refractivity contribution in [3.8, 4) is 0 Å².